The van der Waals surface area contributed by atoms with Crippen LogP contribution in [0, 0.1) is 13.8 Å². The van der Waals surface area contributed by atoms with E-state index in [-0.39, 0.29) is 18.4 Å². The Morgan fingerprint density at radius 1 is 1.19 bits per heavy atom. The predicted molar refractivity (Wildman–Crippen MR) is 97.3 cm³/mol. The van der Waals surface area contributed by atoms with Crippen LogP contribution in [0.25, 0.3) is 5.69 Å². The van der Waals surface area contributed by atoms with Crippen molar-refractivity contribution >= 4 is 17.5 Å². The highest BCUT2D eigenvalue weighted by atomic mass is 16.2. The summed E-state index contributed by atoms with van der Waals surface area (Å²) < 4.78 is 3.26. The van der Waals surface area contributed by atoms with Crippen LogP contribution in [0.1, 0.15) is 21.7 Å². The van der Waals surface area contributed by atoms with Gasteiger partial charge < -0.3 is 10.6 Å². The van der Waals surface area contributed by atoms with Crippen molar-refractivity contribution in [3.63, 3.8) is 0 Å². The molecule has 8 heteroatoms. The molecule has 0 saturated heterocycles. The van der Waals surface area contributed by atoms with E-state index < -0.39 is 0 Å². The highest BCUT2D eigenvalue weighted by molar-refractivity contribution is 6.04. The molecule has 3 aromatic rings. The lowest BCUT2D eigenvalue weighted by molar-refractivity contribution is -0.121. The smallest absolute Gasteiger partial charge is 0.255 e. The van der Waals surface area contributed by atoms with Crippen molar-refractivity contribution in [1.82, 2.24) is 24.9 Å². The molecule has 0 saturated carbocycles. The number of carbonyl (C=O) groups excluding carboxylic acids is 2. The van der Waals surface area contributed by atoms with Crippen molar-refractivity contribution in [2.45, 2.75) is 20.4 Å². The van der Waals surface area contributed by atoms with E-state index in [0.29, 0.717) is 11.3 Å². The van der Waals surface area contributed by atoms with Crippen molar-refractivity contribution in [3.8, 4) is 5.69 Å². The van der Waals surface area contributed by atoms with E-state index in [1.54, 1.807) is 30.1 Å². The zero-order chi connectivity index (χ0) is 18.7. The fraction of sp³-hybridized carbons (Fsp3) is 0.222. The van der Waals surface area contributed by atoms with Gasteiger partial charge in [-0.3, -0.25) is 14.3 Å². The minimum Gasteiger partial charge on any atom is -0.358 e. The van der Waals surface area contributed by atoms with Gasteiger partial charge in [-0.1, -0.05) is 6.07 Å². The topological polar surface area (TPSA) is 93.8 Å². The summed E-state index contributed by atoms with van der Waals surface area (Å²) >= 11 is 0. The first kappa shape index (κ1) is 17.4. The number of likely N-dealkylation sites (N-methyl/N-ethyl adjacent to an activating group) is 1. The molecule has 2 amide bonds. The number of rotatable bonds is 5. The number of carbonyl (C=O) groups is 2. The number of hydrogen-bond acceptors (Lipinski definition) is 4. The van der Waals surface area contributed by atoms with Crippen LogP contribution in [0.3, 0.4) is 0 Å². The van der Waals surface area contributed by atoms with E-state index in [0.717, 1.165) is 17.1 Å². The number of nitrogens with one attached hydrogen (secondary N) is 2. The Hall–Kier alpha value is -3.42. The number of hydrogen-bond donors (Lipinski definition) is 2. The zero-order valence-electron chi connectivity index (χ0n) is 14.9. The van der Waals surface area contributed by atoms with Gasteiger partial charge in [0, 0.05) is 24.5 Å². The minimum atomic E-state index is -0.257. The van der Waals surface area contributed by atoms with Crippen LogP contribution in [0.15, 0.2) is 42.7 Å². The Labute approximate surface area is 150 Å². The fourth-order valence-electron chi connectivity index (χ4n) is 2.61. The molecule has 2 heterocycles. The number of nitrogens with zero attached hydrogens (tertiary/aromatic N) is 4. The molecule has 26 heavy (non-hydrogen) atoms. The molecule has 2 aromatic heterocycles. The van der Waals surface area contributed by atoms with Crippen LogP contribution in [0.4, 0.5) is 5.69 Å². The largest absolute Gasteiger partial charge is 0.358 e. The maximum absolute atomic E-state index is 12.5. The van der Waals surface area contributed by atoms with Crippen LogP contribution in [0.2, 0.25) is 0 Å². The molecule has 0 atom stereocenters. The molecule has 1 aromatic carbocycles. The summed E-state index contributed by atoms with van der Waals surface area (Å²) in [4.78, 5) is 23.9. The normalized spacial score (nSPS) is 10.6. The highest BCUT2D eigenvalue weighted by Gasteiger charge is 2.11. The summed E-state index contributed by atoms with van der Waals surface area (Å²) in [6.45, 7) is 3.99. The Morgan fingerprint density at radius 2 is 2.00 bits per heavy atom. The average molecular weight is 352 g/mol. The van der Waals surface area contributed by atoms with E-state index in [9.17, 15) is 9.59 Å². The first-order valence-corrected chi connectivity index (χ1v) is 8.14. The van der Waals surface area contributed by atoms with Gasteiger partial charge in [-0.2, -0.15) is 10.2 Å². The van der Waals surface area contributed by atoms with Gasteiger partial charge in [0.25, 0.3) is 5.91 Å². The molecular formula is C18H20N6O2. The SMILES string of the molecule is CNC(=O)Cn1cc(NC(=O)c2cccc(-n3nc(C)cc3C)c2)cn1. The minimum absolute atomic E-state index is 0.0970. The van der Waals surface area contributed by atoms with Gasteiger partial charge in [0.1, 0.15) is 6.54 Å². The maximum Gasteiger partial charge on any atom is 0.255 e. The lowest BCUT2D eigenvalue weighted by atomic mass is 10.2. The molecule has 2 N–H and O–H groups in total. The van der Waals surface area contributed by atoms with Gasteiger partial charge >= 0.3 is 0 Å². The lowest BCUT2D eigenvalue weighted by Crippen LogP contribution is -2.23. The molecule has 3 rings (SSSR count). The van der Waals surface area contributed by atoms with Crippen LogP contribution in [0.5, 0.6) is 0 Å². The third-order valence-corrected chi connectivity index (χ3v) is 3.84. The first-order chi connectivity index (χ1) is 12.5. The zero-order valence-corrected chi connectivity index (χ0v) is 14.9. The van der Waals surface area contributed by atoms with Gasteiger partial charge in [-0.05, 0) is 38.1 Å². The monoisotopic (exact) mass is 352 g/mol. The molecule has 0 radical (unpaired) electrons. The van der Waals surface area contributed by atoms with Crippen LogP contribution < -0.4 is 10.6 Å². The second-order valence-electron chi connectivity index (χ2n) is 5.94. The number of aryl methyl sites for hydroxylation is 2. The van der Waals surface area contributed by atoms with Crippen LogP contribution in [-0.2, 0) is 11.3 Å². The third-order valence-electron chi connectivity index (χ3n) is 3.84. The molecule has 0 aliphatic carbocycles. The third kappa shape index (κ3) is 3.80. The highest BCUT2D eigenvalue weighted by Crippen LogP contribution is 2.15. The fourth-order valence-corrected chi connectivity index (χ4v) is 2.61. The standard InChI is InChI=1S/C18H20N6O2/c1-12-7-13(2)24(22-12)16-6-4-5-14(8-16)18(26)21-15-9-20-23(10-15)11-17(25)19-3/h4-10H,11H2,1-3H3,(H,19,25)(H,21,26). The van der Waals surface area contributed by atoms with Gasteiger partial charge in [0.2, 0.25) is 5.91 Å². The van der Waals surface area contributed by atoms with Crippen molar-refractivity contribution in [3.05, 3.63) is 59.7 Å². The van der Waals surface area contributed by atoms with Crippen molar-refractivity contribution in [1.29, 1.82) is 0 Å². The second-order valence-corrected chi connectivity index (χ2v) is 5.94. The average Bonchev–Trinajstić information content (AvgIpc) is 3.20. The summed E-state index contributed by atoms with van der Waals surface area (Å²) in [6, 6.07) is 9.21. The maximum atomic E-state index is 12.5. The molecule has 0 aliphatic heterocycles. The van der Waals surface area contributed by atoms with Crippen molar-refractivity contribution < 1.29 is 9.59 Å². The second kappa shape index (κ2) is 7.22. The summed E-state index contributed by atoms with van der Waals surface area (Å²) in [5, 5.41) is 13.8. The molecular weight excluding hydrogens is 332 g/mol. The number of aromatic nitrogens is 4. The van der Waals surface area contributed by atoms with E-state index in [1.807, 2.05) is 32.0 Å². The lowest BCUT2D eigenvalue weighted by Gasteiger charge is -2.07. The molecule has 0 bridgehead atoms. The van der Waals surface area contributed by atoms with E-state index in [4.69, 9.17) is 0 Å². The van der Waals surface area contributed by atoms with Gasteiger partial charge in [0.15, 0.2) is 0 Å². The number of anilines is 1. The van der Waals surface area contributed by atoms with Gasteiger partial charge in [-0.25, -0.2) is 4.68 Å². The molecule has 0 unspecified atom stereocenters. The van der Waals surface area contributed by atoms with E-state index >= 15 is 0 Å². The molecule has 8 nitrogen and oxygen atoms in total. The Balaban J connectivity index is 1.75. The summed E-state index contributed by atoms with van der Waals surface area (Å²) in [6.07, 6.45) is 3.11. The number of benzene rings is 1. The number of amides is 2. The summed E-state index contributed by atoms with van der Waals surface area (Å²) in [5.41, 5.74) is 3.76. The Morgan fingerprint density at radius 3 is 2.69 bits per heavy atom. The van der Waals surface area contributed by atoms with E-state index in [1.165, 1.54) is 10.9 Å². The Bertz CT molecular complexity index is 956. The quantitative estimate of drug-likeness (QED) is 0.730. The molecule has 0 fully saturated rings. The van der Waals surface area contributed by atoms with Gasteiger partial charge in [0.05, 0.1) is 23.3 Å². The summed E-state index contributed by atoms with van der Waals surface area (Å²) in [5.74, 6) is -0.420. The van der Waals surface area contributed by atoms with E-state index in [2.05, 4.69) is 20.8 Å². The molecule has 0 aliphatic rings. The van der Waals surface area contributed by atoms with Crippen LogP contribution >= 0.6 is 0 Å². The first-order valence-electron chi connectivity index (χ1n) is 8.14. The predicted octanol–water partition coefficient (Wildman–Crippen LogP) is 1.68. The van der Waals surface area contributed by atoms with Crippen molar-refractivity contribution in [2.75, 3.05) is 12.4 Å². The summed E-state index contributed by atoms with van der Waals surface area (Å²) in [7, 11) is 1.56. The van der Waals surface area contributed by atoms with Crippen LogP contribution in [-0.4, -0.2) is 38.4 Å². The molecule has 134 valence electrons. The molecule has 0 spiro atoms. The Kier molecular flexibility index (Phi) is 4.83. The van der Waals surface area contributed by atoms with Crippen molar-refractivity contribution in [2.24, 2.45) is 0 Å². The van der Waals surface area contributed by atoms with Gasteiger partial charge in [-0.15, -0.1) is 0 Å².